The Morgan fingerprint density at radius 1 is 1.41 bits per heavy atom. The van der Waals surface area contributed by atoms with Crippen LogP contribution in [0, 0.1) is 13.8 Å². The van der Waals surface area contributed by atoms with Crippen LogP contribution in [0.3, 0.4) is 0 Å². The molecule has 3 rings (SSSR count). The van der Waals surface area contributed by atoms with Gasteiger partial charge in [0, 0.05) is 24.7 Å². The fourth-order valence-corrected chi connectivity index (χ4v) is 3.76. The number of nitrogens with zero attached hydrogens (tertiary/aromatic N) is 2. The summed E-state index contributed by atoms with van der Waals surface area (Å²) < 4.78 is 5.08. The minimum atomic E-state index is -0.00967. The van der Waals surface area contributed by atoms with Crippen molar-refractivity contribution < 1.29 is 9.53 Å². The Balaban J connectivity index is 1.94. The van der Waals surface area contributed by atoms with Crippen molar-refractivity contribution in [2.45, 2.75) is 33.3 Å². The zero-order valence-corrected chi connectivity index (χ0v) is 14.0. The van der Waals surface area contributed by atoms with E-state index in [2.05, 4.69) is 31.0 Å². The fourth-order valence-electron chi connectivity index (χ4n) is 3.02. The standard InChI is InChI=1S/C17H20N2O2S/c1-11-7-12(2)13-5-4-6-19(15(13)8-11)17(20)14-10-22-16(18-14)9-21-3/h7-8,10H,4-6,9H2,1-3H3. The number of carbonyl (C=O) groups is 1. The van der Waals surface area contributed by atoms with Crippen molar-refractivity contribution in [1.82, 2.24) is 4.98 Å². The maximum atomic E-state index is 12.8. The van der Waals surface area contributed by atoms with Crippen LogP contribution < -0.4 is 4.90 Å². The molecule has 116 valence electrons. The number of carbonyl (C=O) groups excluding carboxylic acids is 1. The number of methoxy groups -OCH3 is 1. The highest BCUT2D eigenvalue weighted by Gasteiger charge is 2.26. The molecular formula is C17H20N2O2S. The highest BCUT2D eigenvalue weighted by molar-refractivity contribution is 7.09. The lowest BCUT2D eigenvalue weighted by molar-refractivity contribution is 0.0980. The molecule has 0 aliphatic carbocycles. The number of aryl methyl sites for hydroxylation is 2. The van der Waals surface area contributed by atoms with E-state index in [0.29, 0.717) is 12.3 Å². The van der Waals surface area contributed by atoms with Crippen LogP contribution in [0.5, 0.6) is 0 Å². The number of ether oxygens (including phenoxy) is 1. The smallest absolute Gasteiger partial charge is 0.277 e. The summed E-state index contributed by atoms with van der Waals surface area (Å²) in [4.78, 5) is 19.1. The minimum Gasteiger partial charge on any atom is -0.378 e. The van der Waals surface area contributed by atoms with E-state index in [9.17, 15) is 4.79 Å². The Bertz CT molecular complexity index is 709. The first kappa shape index (κ1) is 15.2. The van der Waals surface area contributed by atoms with Gasteiger partial charge >= 0.3 is 0 Å². The first-order chi connectivity index (χ1) is 10.6. The van der Waals surface area contributed by atoms with Crippen molar-refractivity contribution in [2.24, 2.45) is 0 Å². The van der Waals surface area contributed by atoms with Gasteiger partial charge in [-0.3, -0.25) is 4.79 Å². The van der Waals surface area contributed by atoms with Gasteiger partial charge in [0.05, 0.1) is 6.61 Å². The van der Waals surface area contributed by atoms with Gasteiger partial charge in [-0.15, -0.1) is 11.3 Å². The lowest BCUT2D eigenvalue weighted by Gasteiger charge is -2.30. The number of thiazole rings is 1. The average molecular weight is 316 g/mol. The molecule has 1 aliphatic rings. The molecule has 5 heteroatoms. The number of anilines is 1. The van der Waals surface area contributed by atoms with Crippen molar-refractivity contribution in [3.63, 3.8) is 0 Å². The predicted molar refractivity (Wildman–Crippen MR) is 88.7 cm³/mol. The summed E-state index contributed by atoms with van der Waals surface area (Å²) in [6, 6.07) is 4.30. The van der Waals surface area contributed by atoms with Crippen LogP contribution >= 0.6 is 11.3 Å². The zero-order valence-electron chi connectivity index (χ0n) is 13.2. The third-order valence-electron chi connectivity index (χ3n) is 3.98. The van der Waals surface area contributed by atoms with E-state index < -0.39 is 0 Å². The molecule has 4 nitrogen and oxygen atoms in total. The van der Waals surface area contributed by atoms with Gasteiger partial charge in [-0.2, -0.15) is 0 Å². The molecule has 0 unspecified atom stereocenters. The van der Waals surface area contributed by atoms with Gasteiger partial charge in [0.1, 0.15) is 10.7 Å². The molecule has 0 saturated carbocycles. The van der Waals surface area contributed by atoms with Crippen LogP contribution in [-0.4, -0.2) is 24.5 Å². The summed E-state index contributed by atoms with van der Waals surface area (Å²) in [5.74, 6) is -0.00967. The van der Waals surface area contributed by atoms with E-state index in [4.69, 9.17) is 4.74 Å². The van der Waals surface area contributed by atoms with Gasteiger partial charge in [-0.1, -0.05) is 6.07 Å². The third kappa shape index (κ3) is 2.78. The SMILES string of the molecule is COCc1nc(C(=O)N2CCCc3c(C)cc(C)cc32)cs1. The Morgan fingerprint density at radius 2 is 2.23 bits per heavy atom. The van der Waals surface area contributed by atoms with Gasteiger partial charge in [0.2, 0.25) is 0 Å². The highest BCUT2D eigenvalue weighted by atomic mass is 32.1. The summed E-state index contributed by atoms with van der Waals surface area (Å²) in [6.07, 6.45) is 2.04. The average Bonchev–Trinajstić information content (AvgIpc) is 2.95. The van der Waals surface area contributed by atoms with Gasteiger partial charge in [0.15, 0.2) is 0 Å². The molecule has 0 radical (unpaired) electrons. The van der Waals surface area contributed by atoms with E-state index in [1.807, 2.05) is 10.3 Å². The Hall–Kier alpha value is -1.72. The fraction of sp³-hybridized carbons (Fsp3) is 0.412. The second kappa shape index (κ2) is 6.18. The molecule has 1 amide bonds. The number of hydrogen-bond acceptors (Lipinski definition) is 4. The number of aromatic nitrogens is 1. The summed E-state index contributed by atoms with van der Waals surface area (Å²) in [6.45, 7) is 5.40. The molecule has 22 heavy (non-hydrogen) atoms. The van der Waals surface area contributed by atoms with Crippen molar-refractivity contribution in [2.75, 3.05) is 18.6 Å². The van der Waals surface area contributed by atoms with Crippen molar-refractivity contribution in [3.05, 3.63) is 44.9 Å². The lowest BCUT2D eigenvalue weighted by atomic mass is 9.95. The zero-order chi connectivity index (χ0) is 15.7. The molecule has 0 N–H and O–H groups in total. The highest BCUT2D eigenvalue weighted by Crippen LogP contribution is 2.32. The molecule has 1 aromatic heterocycles. The van der Waals surface area contributed by atoms with Crippen LogP contribution in [-0.2, 0) is 17.8 Å². The van der Waals surface area contributed by atoms with E-state index in [1.165, 1.54) is 28.0 Å². The monoisotopic (exact) mass is 316 g/mol. The maximum Gasteiger partial charge on any atom is 0.277 e. The quantitative estimate of drug-likeness (QED) is 0.870. The Kier molecular flexibility index (Phi) is 4.27. The van der Waals surface area contributed by atoms with E-state index in [0.717, 1.165) is 30.1 Å². The first-order valence-electron chi connectivity index (χ1n) is 7.45. The first-order valence-corrected chi connectivity index (χ1v) is 8.33. The largest absolute Gasteiger partial charge is 0.378 e. The van der Waals surface area contributed by atoms with Crippen LogP contribution in [0.2, 0.25) is 0 Å². The van der Waals surface area contributed by atoms with E-state index in [-0.39, 0.29) is 5.91 Å². The number of fused-ring (bicyclic) bond motifs is 1. The summed E-state index contributed by atoms with van der Waals surface area (Å²) in [5.41, 5.74) is 5.32. The van der Waals surface area contributed by atoms with Crippen molar-refractivity contribution in [1.29, 1.82) is 0 Å². The summed E-state index contributed by atoms with van der Waals surface area (Å²) in [5, 5.41) is 2.66. The van der Waals surface area contributed by atoms with E-state index >= 15 is 0 Å². The molecule has 2 heterocycles. The minimum absolute atomic E-state index is 0.00967. The number of rotatable bonds is 3. The molecule has 2 aromatic rings. The maximum absolute atomic E-state index is 12.8. The number of amides is 1. The third-order valence-corrected chi connectivity index (χ3v) is 4.80. The van der Waals surface area contributed by atoms with Gasteiger partial charge < -0.3 is 9.64 Å². The Morgan fingerprint density at radius 3 is 3.00 bits per heavy atom. The van der Waals surface area contributed by atoms with Crippen LogP contribution in [0.1, 0.15) is 38.6 Å². The van der Waals surface area contributed by atoms with Gasteiger partial charge in [-0.05, 0) is 49.4 Å². The molecule has 0 atom stereocenters. The Labute approximate surface area is 134 Å². The molecule has 0 bridgehead atoms. The second-order valence-electron chi connectivity index (χ2n) is 5.70. The lowest BCUT2D eigenvalue weighted by Crippen LogP contribution is -2.36. The topological polar surface area (TPSA) is 42.4 Å². The molecule has 1 aromatic carbocycles. The van der Waals surface area contributed by atoms with Crippen LogP contribution in [0.4, 0.5) is 5.69 Å². The molecule has 0 spiro atoms. The van der Waals surface area contributed by atoms with Crippen molar-refractivity contribution >= 4 is 22.9 Å². The van der Waals surface area contributed by atoms with E-state index in [1.54, 1.807) is 7.11 Å². The number of hydrogen-bond donors (Lipinski definition) is 0. The van der Waals surface area contributed by atoms with Crippen molar-refractivity contribution in [3.8, 4) is 0 Å². The normalized spacial score (nSPS) is 14.0. The van der Waals surface area contributed by atoms with Gasteiger partial charge in [0.25, 0.3) is 5.91 Å². The molecule has 1 aliphatic heterocycles. The van der Waals surface area contributed by atoms with Crippen LogP contribution in [0.25, 0.3) is 0 Å². The molecule has 0 fully saturated rings. The number of benzene rings is 1. The second-order valence-corrected chi connectivity index (χ2v) is 6.64. The summed E-state index contributed by atoms with van der Waals surface area (Å²) >= 11 is 1.47. The summed E-state index contributed by atoms with van der Waals surface area (Å²) in [7, 11) is 1.63. The molecular weight excluding hydrogens is 296 g/mol. The predicted octanol–water partition coefficient (Wildman–Crippen LogP) is 3.50. The molecule has 0 saturated heterocycles. The van der Waals surface area contributed by atoms with Gasteiger partial charge in [-0.25, -0.2) is 4.98 Å². The van der Waals surface area contributed by atoms with Crippen LogP contribution in [0.15, 0.2) is 17.5 Å².